The van der Waals surface area contributed by atoms with Crippen LogP contribution in [0.15, 0.2) is 18.2 Å². The molecule has 0 unspecified atom stereocenters. The van der Waals surface area contributed by atoms with Crippen LogP contribution in [-0.2, 0) is 16.0 Å². The summed E-state index contributed by atoms with van der Waals surface area (Å²) in [6.45, 7) is 5.12. The molecular formula is C18H23NO3. The normalized spacial score (nSPS) is 37.0. The second-order valence-corrected chi connectivity index (χ2v) is 7.08. The summed E-state index contributed by atoms with van der Waals surface area (Å²) in [5, 5.41) is 0. The van der Waals surface area contributed by atoms with Crippen LogP contribution < -0.4 is 4.74 Å². The molecule has 3 aliphatic heterocycles. The highest BCUT2D eigenvalue weighted by Gasteiger charge is 2.59. The van der Waals surface area contributed by atoms with Crippen molar-refractivity contribution in [3.63, 3.8) is 0 Å². The van der Waals surface area contributed by atoms with E-state index in [9.17, 15) is 4.79 Å². The minimum atomic E-state index is -0.333. The Labute approximate surface area is 131 Å². The molecule has 3 heterocycles. The van der Waals surface area contributed by atoms with Crippen LogP contribution in [0, 0.1) is 5.41 Å². The number of fused-ring (bicyclic) bond motifs is 5. The molecule has 22 heavy (non-hydrogen) atoms. The van der Waals surface area contributed by atoms with Gasteiger partial charge in [-0.05, 0) is 56.4 Å². The summed E-state index contributed by atoms with van der Waals surface area (Å²) in [6, 6.07) is 7.03. The van der Waals surface area contributed by atoms with Crippen LogP contribution >= 0.6 is 0 Å². The number of carbonyl (C=O) groups is 1. The Bertz CT molecular complexity index is 629. The molecule has 0 aliphatic carbocycles. The highest BCUT2D eigenvalue weighted by atomic mass is 16.6. The van der Waals surface area contributed by atoms with Crippen molar-refractivity contribution in [2.24, 2.45) is 5.41 Å². The van der Waals surface area contributed by atoms with E-state index in [-0.39, 0.29) is 23.5 Å². The number of esters is 1. The van der Waals surface area contributed by atoms with Gasteiger partial charge in [-0.25, -0.2) is 0 Å². The fourth-order valence-corrected chi connectivity index (χ4v) is 4.82. The predicted molar refractivity (Wildman–Crippen MR) is 82.8 cm³/mol. The molecule has 0 amide bonds. The summed E-state index contributed by atoms with van der Waals surface area (Å²) in [7, 11) is 1.71. The number of methoxy groups -OCH3 is 1. The molecule has 2 fully saturated rings. The zero-order valence-corrected chi connectivity index (χ0v) is 13.5. The zero-order valence-electron chi connectivity index (χ0n) is 13.5. The van der Waals surface area contributed by atoms with Gasteiger partial charge in [0, 0.05) is 12.6 Å². The molecule has 4 atom stereocenters. The van der Waals surface area contributed by atoms with Gasteiger partial charge in [0.05, 0.1) is 18.6 Å². The largest absolute Gasteiger partial charge is 0.497 e. The molecule has 4 heteroatoms. The van der Waals surface area contributed by atoms with Crippen LogP contribution in [0.3, 0.4) is 0 Å². The lowest BCUT2D eigenvalue weighted by Crippen LogP contribution is -2.56. The molecule has 4 nitrogen and oxygen atoms in total. The lowest BCUT2D eigenvalue weighted by atomic mass is 9.70. The number of carbonyl (C=O) groups excluding carboxylic acids is 1. The van der Waals surface area contributed by atoms with E-state index >= 15 is 0 Å². The lowest BCUT2D eigenvalue weighted by Gasteiger charge is -2.50. The van der Waals surface area contributed by atoms with Crippen LogP contribution in [0.25, 0.3) is 0 Å². The van der Waals surface area contributed by atoms with E-state index in [0.29, 0.717) is 6.04 Å². The predicted octanol–water partition coefficient (Wildman–Crippen LogP) is 2.71. The molecular weight excluding hydrogens is 278 g/mol. The lowest BCUT2D eigenvalue weighted by molar-refractivity contribution is -0.149. The number of hydrogen-bond donors (Lipinski definition) is 0. The van der Waals surface area contributed by atoms with Crippen LogP contribution in [0.2, 0.25) is 0 Å². The Balaban J connectivity index is 1.72. The number of nitrogens with zero attached hydrogens (tertiary/aromatic N) is 1. The summed E-state index contributed by atoms with van der Waals surface area (Å²) in [5.41, 5.74) is 2.46. The standard InChI is InChI=1S/C18H23NO3/c1-11-16-18(2,17(20)22-11)8-6-15-14-5-4-13(21-3)10-12(14)7-9-19(15)16/h4-5,10-11,15-16H,6-9H2,1-3H3/t11-,15-,16-,18-/m1/s1. The average Bonchev–Trinajstić information content (AvgIpc) is 2.76. The third kappa shape index (κ3) is 1.76. The highest BCUT2D eigenvalue weighted by Crippen LogP contribution is 2.51. The molecule has 2 saturated heterocycles. The molecule has 0 saturated carbocycles. The smallest absolute Gasteiger partial charge is 0.313 e. The van der Waals surface area contributed by atoms with E-state index in [4.69, 9.17) is 9.47 Å². The highest BCUT2D eigenvalue weighted by molar-refractivity contribution is 5.80. The van der Waals surface area contributed by atoms with E-state index in [2.05, 4.69) is 30.0 Å². The van der Waals surface area contributed by atoms with E-state index in [0.717, 1.165) is 31.6 Å². The van der Waals surface area contributed by atoms with Gasteiger partial charge in [0.1, 0.15) is 11.9 Å². The number of hydrogen-bond acceptors (Lipinski definition) is 4. The molecule has 1 aromatic carbocycles. The number of benzene rings is 1. The van der Waals surface area contributed by atoms with Crippen molar-refractivity contribution in [1.29, 1.82) is 0 Å². The monoisotopic (exact) mass is 301 g/mol. The SMILES string of the molecule is COc1ccc2c(c1)CCN1[C@@H]2CC[C@@]2(C)C(=O)O[C@H](C)[C@@H]12. The first-order valence-electron chi connectivity index (χ1n) is 8.18. The topological polar surface area (TPSA) is 38.8 Å². The van der Waals surface area contributed by atoms with Crippen molar-refractivity contribution in [2.75, 3.05) is 13.7 Å². The third-order valence-electron chi connectivity index (χ3n) is 5.90. The second kappa shape index (κ2) is 4.72. The first kappa shape index (κ1) is 14.1. The van der Waals surface area contributed by atoms with Crippen molar-refractivity contribution >= 4 is 5.97 Å². The van der Waals surface area contributed by atoms with Gasteiger partial charge in [-0.3, -0.25) is 9.69 Å². The molecule has 0 spiro atoms. The molecule has 0 radical (unpaired) electrons. The van der Waals surface area contributed by atoms with Crippen LogP contribution in [-0.4, -0.2) is 36.7 Å². The van der Waals surface area contributed by atoms with Crippen molar-refractivity contribution in [3.8, 4) is 5.75 Å². The molecule has 4 rings (SSSR count). The molecule has 0 N–H and O–H groups in total. The molecule has 0 bridgehead atoms. The molecule has 3 aliphatic rings. The first-order chi connectivity index (χ1) is 10.5. The van der Waals surface area contributed by atoms with E-state index in [1.807, 2.05) is 6.92 Å². The minimum Gasteiger partial charge on any atom is -0.497 e. The van der Waals surface area contributed by atoms with Gasteiger partial charge in [0.15, 0.2) is 0 Å². The van der Waals surface area contributed by atoms with E-state index in [1.54, 1.807) is 7.11 Å². The van der Waals surface area contributed by atoms with Gasteiger partial charge in [-0.1, -0.05) is 6.07 Å². The van der Waals surface area contributed by atoms with Crippen molar-refractivity contribution in [3.05, 3.63) is 29.3 Å². The van der Waals surface area contributed by atoms with Gasteiger partial charge < -0.3 is 9.47 Å². The number of ether oxygens (including phenoxy) is 2. The average molecular weight is 301 g/mol. The summed E-state index contributed by atoms with van der Waals surface area (Å²) in [4.78, 5) is 14.8. The number of piperidine rings is 1. The van der Waals surface area contributed by atoms with Crippen molar-refractivity contribution in [1.82, 2.24) is 4.90 Å². The Hall–Kier alpha value is -1.55. The maximum atomic E-state index is 12.3. The maximum absolute atomic E-state index is 12.3. The van der Waals surface area contributed by atoms with Gasteiger partial charge in [-0.15, -0.1) is 0 Å². The fraction of sp³-hybridized carbons (Fsp3) is 0.611. The quantitative estimate of drug-likeness (QED) is 0.748. The van der Waals surface area contributed by atoms with Crippen molar-refractivity contribution in [2.45, 2.75) is 51.3 Å². The van der Waals surface area contributed by atoms with Gasteiger partial charge in [0.2, 0.25) is 0 Å². The van der Waals surface area contributed by atoms with Crippen LogP contribution in [0.5, 0.6) is 5.75 Å². The summed E-state index contributed by atoms with van der Waals surface area (Å²) in [6.07, 6.45) is 2.93. The molecule has 0 aromatic heterocycles. The van der Waals surface area contributed by atoms with Gasteiger partial charge >= 0.3 is 5.97 Å². The fourth-order valence-electron chi connectivity index (χ4n) is 4.82. The summed E-state index contributed by atoms with van der Waals surface area (Å²) < 4.78 is 10.9. The Morgan fingerprint density at radius 2 is 2.23 bits per heavy atom. The maximum Gasteiger partial charge on any atom is 0.313 e. The minimum absolute atomic E-state index is 0.0102. The molecule has 118 valence electrons. The Kier molecular flexibility index (Phi) is 3.02. The van der Waals surface area contributed by atoms with Crippen LogP contribution in [0.1, 0.15) is 43.9 Å². The van der Waals surface area contributed by atoms with Crippen LogP contribution in [0.4, 0.5) is 0 Å². The Morgan fingerprint density at radius 3 is 3.00 bits per heavy atom. The number of cyclic esters (lactones) is 1. The summed E-state index contributed by atoms with van der Waals surface area (Å²) in [5.74, 6) is 0.921. The van der Waals surface area contributed by atoms with Gasteiger partial charge in [0.25, 0.3) is 0 Å². The van der Waals surface area contributed by atoms with E-state index in [1.165, 1.54) is 11.1 Å². The first-order valence-corrected chi connectivity index (χ1v) is 8.18. The van der Waals surface area contributed by atoms with Crippen molar-refractivity contribution < 1.29 is 14.3 Å². The Morgan fingerprint density at radius 1 is 1.41 bits per heavy atom. The molecule has 1 aromatic rings. The third-order valence-corrected chi connectivity index (χ3v) is 5.90. The van der Waals surface area contributed by atoms with Gasteiger partial charge in [-0.2, -0.15) is 0 Å². The van der Waals surface area contributed by atoms with E-state index < -0.39 is 0 Å². The summed E-state index contributed by atoms with van der Waals surface area (Å²) >= 11 is 0. The zero-order chi connectivity index (χ0) is 15.5. The second-order valence-electron chi connectivity index (χ2n) is 7.08. The number of rotatable bonds is 1.